The minimum Gasteiger partial charge on any atom is -0.492 e. The number of benzene rings is 1. The molecule has 0 fully saturated rings. The lowest BCUT2D eigenvalue weighted by atomic mass is 10.1. The van der Waals surface area contributed by atoms with Crippen molar-refractivity contribution in [1.29, 1.82) is 0 Å². The van der Waals surface area contributed by atoms with Gasteiger partial charge in [-0.05, 0) is 42.8 Å². The number of nitrogens with one attached hydrogen (secondary N) is 1. The number of aromatic nitrogens is 1. The summed E-state index contributed by atoms with van der Waals surface area (Å²) in [6.45, 7) is 3.21. The van der Waals surface area contributed by atoms with Crippen LogP contribution >= 0.6 is 0 Å². The average molecular weight is 286 g/mol. The number of pyridine rings is 1. The van der Waals surface area contributed by atoms with Gasteiger partial charge in [0.15, 0.2) is 0 Å². The van der Waals surface area contributed by atoms with Crippen molar-refractivity contribution < 1.29 is 14.6 Å². The summed E-state index contributed by atoms with van der Waals surface area (Å²) < 4.78 is 5.54. The van der Waals surface area contributed by atoms with E-state index in [1.807, 2.05) is 12.1 Å². The van der Waals surface area contributed by atoms with E-state index in [9.17, 15) is 4.79 Å². The van der Waals surface area contributed by atoms with E-state index in [1.54, 1.807) is 30.6 Å². The third-order valence-electron chi connectivity index (χ3n) is 3.11. The summed E-state index contributed by atoms with van der Waals surface area (Å²) in [7, 11) is 0. The fourth-order valence-corrected chi connectivity index (χ4v) is 1.93. The Bertz CT molecular complexity index is 587. The van der Waals surface area contributed by atoms with Gasteiger partial charge < -0.3 is 15.2 Å². The first-order valence-electron chi connectivity index (χ1n) is 6.76. The van der Waals surface area contributed by atoms with Crippen LogP contribution in [0.5, 0.6) is 5.75 Å². The minimum absolute atomic E-state index is 0.210. The lowest BCUT2D eigenvalue weighted by Crippen LogP contribution is -2.24. The molecule has 0 saturated heterocycles. The van der Waals surface area contributed by atoms with E-state index in [0.29, 0.717) is 18.9 Å². The molecule has 0 aliphatic carbocycles. The molecule has 0 radical (unpaired) electrons. The third-order valence-corrected chi connectivity index (χ3v) is 3.11. The van der Waals surface area contributed by atoms with Crippen LogP contribution in [-0.2, 0) is 0 Å². The van der Waals surface area contributed by atoms with Crippen LogP contribution in [-0.4, -0.2) is 29.2 Å². The van der Waals surface area contributed by atoms with Crippen molar-refractivity contribution in [3.63, 3.8) is 0 Å². The van der Waals surface area contributed by atoms with Gasteiger partial charge in [0.1, 0.15) is 12.4 Å². The number of hydrogen-bond donors (Lipinski definition) is 2. The molecular weight excluding hydrogens is 268 g/mol. The number of carboxylic acids is 1. The van der Waals surface area contributed by atoms with E-state index in [1.165, 1.54) is 6.07 Å². The predicted molar refractivity (Wildman–Crippen MR) is 79.6 cm³/mol. The molecule has 2 rings (SSSR count). The number of hydrogen-bond acceptors (Lipinski definition) is 4. The van der Waals surface area contributed by atoms with E-state index in [-0.39, 0.29) is 11.6 Å². The monoisotopic (exact) mass is 286 g/mol. The Labute approximate surface area is 123 Å². The molecule has 1 aromatic heterocycles. The first-order valence-corrected chi connectivity index (χ1v) is 6.76. The van der Waals surface area contributed by atoms with Crippen LogP contribution in [0.3, 0.4) is 0 Å². The second-order valence-corrected chi connectivity index (χ2v) is 4.64. The number of aromatic carboxylic acids is 1. The third kappa shape index (κ3) is 4.57. The molecule has 0 bridgehead atoms. The van der Waals surface area contributed by atoms with Crippen LogP contribution < -0.4 is 10.1 Å². The van der Waals surface area contributed by atoms with Crippen LogP contribution in [0.1, 0.15) is 28.9 Å². The number of rotatable bonds is 7. The highest BCUT2D eigenvalue weighted by Crippen LogP contribution is 2.13. The van der Waals surface area contributed by atoms with Gasteiger partial charge in [-0.25, -0.2) is 4.79 Å². The zero-order valence-electron chi connectivity index (χ0n) is 11.8. The number of ether oxygens (including phenoxy) is 1. The molecular formula is C16H18N2O3. The smallest absolute Gasteiger partial charge is 0.335 e. The maximum absolute atomic E-state index is 10.9. The first kappa shape index (κ1) is 15.0. The molecule has 1 heterocycles. The molecule has 21 heavy (non-hydrogen) atoms. The van der Waals surface area contributed by atoms with Crippen LogP contribution in [0, 0.1) is 0 Å². The molecule has 0 amide bonds. The Hall–Kier alpha value is -2.40. The van der Waals surface area contributed by atoms with Gasteiger partial charge in [0, 0.05) is 25.0 Å². The normalized spacial score (nSPS) is 11.9. The summed E-state index contributed by atoms with van der Waals surface area (Å²) in [4.78, 5) is 14.8. The highest BCUT2D eigenvalue weighted by molar-refractivity contribution is 5.87. The van der Waals surface area contributed by atoms with Gasteiger partial charge in [0.2, 0.25) is 0 Å². The van der Waals surface area contributed by atoms with Crippen molar-refractivity contribution in [1.82, 2.24) is 10.3 Å². The summed E-state index contributed by atoms with van der Waals surface area (Å²) in [6.07, 6.45) is 3.53. The van der Waals surface area contributed by atoms with Gasteiger partial charge in [-0.3, -0.25) is 4.98 Å². The second-order valence-electron chi connectivity index (χ2n) is 4.64. The van der Waals surface area contributed by atoms with Crippen molar-refractivity contribution >= 4 is 5.97 Å². The fourth-order valence-electron chi connectivity index (χ4n) is 1.93. The quantitative estimate of drug-likeness (QED) is 0.765. The zero-order chi connectivity index (χ0) is 15.1. The Balaban J connectivity index is 1.77. The van der Waals surface area contributed by atoms with E-state index in [2.05, 4.69) is 17.2 Å². The van der Waals surface area contributed by atoms with Gasteiger partial charge in [0.25, 0.3) is 0 Å². The van der Waals surface area contributed by atoms with E-state index >= 15 is 0 Å². The summed E-state index contributed by atoms with van der Waals surface area (Å²) in [5, 5.41) is 12.2. The van der Waals surface area contributed by atoms with Crippen molar-refractivity contribution in [2.45, 2.75) is 13.0 Å². The molecule has 110 valence electrons. The molecule has 1 aromatic carbocycles. The molecule has 1 atom stereocenters. The van der Waals surface area contributed by atoms with Crippen molar-refractivity contribution in [3.05, 3.63) is 59.9 Å². The molecule has 0 unspecified atom stereocenters. The maximum Gasteiger partial charge on any atom is 0.335 e. The number of carboxylic acid groups (broad SMARTS) is 1. The van der Waals surface area contributed by atoms with E-state index in [4.69, 9.17) is 9.84 Å². The maximum atomic E-state index is 10.9. The lowest BCUT2D eigenvalue weighted by molar-refractivity contribution is 0.0696. The Kier molecular flexibility index (Phi) is 5.29. The number of carbonyl (C=O) groups is 1. The molecule has 0 spiro atoms. The van der Waals surface area contributed by atoms with Gasteiger partial charge in [-0.1, -0.05) is 6.07 Å². The molecule has 0 aliphatic rings. The summed E-state index contributed by atoms with van der Waals surface area (Å²) in [5.41, 5.74) is 1.39. The van der Waals surface area contributed by atoms with Gasteiger partial charge in [0.05, 0.1) is 5.56 Å². The first-order chi connectivity index (χ1) is 10.2. The predicted octanol–water partition coefficient (Wildman–Crippen LogP) is 2.51. The van der Waals surface area contributed by atoms with Crippen LogP contribution in [0.25, 0.3) is 0 Å². The van der Waals surface area contributed by atoms with E-state index in [0.717, 1.165) is 5.56 Å². The van der Waals surface area contributed by atoms with Crippen LogP contribution in [0.4, 0.5) is 0 Å². The topological polar surface area (TPSA) is 71.5 Å². The highest BCUT2D eigenvalue weighted by atomic mass is 16.5. The molecule has 2 aromatic rings. The number of nitrogens with zero attached hydrogens (tertiary/aromatic N) is 1. The average Bonchev–Trinajstić information content (AvgIpc) is 2.52. The van der Waals surface area contributed by atoms with Crippen LogP contribution in [0.2, 0.25) is 0 Å². The van der Waals surface area contributed by atoms with Gasteiger partial charge >= 0.3 is 5.97 Å². The van der Waals surface area contributed by atoms with Gasteiger partial charge in [-0.15, -0.1) is 0 Å². The minimum atomic E-state index is -0.954. The summed E-state index contributed by atoms with van der Waals surface area (Å²) in [5.74, 6) is -0.391. The summed E-state index contributed by atoms with van der Waals surface area (Å²) >= 11 is 0. The molecule has 5 heteroatoms. The Morgan fingerprint density at radius 1 is 1.33 bits per heavy atom. The molecule has 0 aliphatic heterocycles. The SMILES string of the molecule is C[C@H](NCCOc1cccc(C(=O)O)c1)c1ccncc1. The standard InChI is InChI=1S/C16H18N2O3/c1-12(13-5-7-17-8-6-13)18-9-10-21-15-4-2-3-14(11-15)16(19)20/h2-8,11-12,18H,9-10H2,1H3,(H,19,20)/t12-/m0/s1. The van der Waals surface area contributed by atoms with Gasteiger partial charge in [-0.2, -0.15) is 0 Å². The fraction of sp³-hybridized carbons (Fsp3) is 0.250. The van der Waals surface area contributed by atoms with Crippen molar-refractivity contribution in [2.75, 3.05) is 13.2 Å². The highest BCUT2D eigenvalue weighted by Gasteiger charge is 2.05. The molecule has 5 nitrogen and oxygen atoms in total. The lowest BCUT2D eigenvalue weighted by Gasteiger charge is -2.14. The largest absolute Gasteiger partial charge is 0.492 e. The second kappa shape index (κ2) is 7.40. The molecule has 0 saturated carbocycles. The Morgan fingerprint density at radius 2 is 2.10 bits per heavy atom. The summed E-state index contributed by atoms with van der Waals surface area (Å²) in [6, 6.07) is 10.6. The van der Waals surface area contributed by atoms with Crippen molar-refractivity contribution in [3.8, 4) is 5.75 Å². The Morgan fingerprint density at radius 3 is 2.81 bits per heavy atom. The molecule has 2 N–H and O–H groups in total. The van der Waals surface area contributed by atoms with Crippen molar-refractivity contribution in [2.24, 2.45) is 0 Å². The van der Waals surface area contributed by atoms with Crippen LogP contribution in [0.15, 0.2) is 48.8 Å². The zero-order valence-corrected chi connectivity index (χ0v) is 11.8. The van der Waals surface area contributed by atoms with E-state index < -0.39 is 5.97 Å².